The third-order valence-electron chi connectivity index (χ3n) is 2.51. The van der Waals surface area contributed by atoms with Crippen LogP contribution in [0.5, 0.6) is 0 Å². The average molecular weight is 304 g/mol. The van der Waals surface area contributed by atoms with Crippen molar-refractivity contribution in [2.45, 2.75) is 26.4 Å². The second-order valence-electron chi connectivity index (χ2n) is 5.58. The lowest BCUT2D eigenvalue weighted by molar-refractivity contribution is 0.0255. The molecule has 1 aliphatic rings. The highest BCUT2D eigenvalue weighted by molar-refractivity contribution is 8.05. The second kappa shape index (κ2) is 5.39. The molecule has 9 heteroatoms. The molecule has 0 bridgehead atoms. The highest BCUT2D eigenvalue weighted by Gasteiger charge is 2.32. The number of piperazine rings is 1. The van der Waals surface area contributed by atoms with Crippen LogP contribution in [0.3, 0.4) is 0 Å². The molecule has 0 aliphatic carbocycles. The Hall–Kier alpha value is -1.64. The Morgan fingerprint density at radius 3 is 2.25 bits per heavy atom. The SMILES string of the molecule is CC(C)(C)OC(=O)N1CCN(C(=N)S(C)(=O)=O)C(=N)C1. The van der Waals surface area contributed by atoms with E-state index in [1.807, 2.05) is 0 Å². The quantitative estimate of drug-likeness (QED) is 0.499. The zero-order chi connectivity index (χ0) is 15.7. The summed E-state index contributed by atoms with van der Waals surface area (Å²) in [5.74, 6) is -0.113. The first-order chi connectivity index (χ1) is 8.92. The van der Waals surface area contributed by atoms with Crippen LogP contribution in [0.4, 0.5) is 4.79 Å². The largest absolute Gasteiger partial charge is 0.444 e. The zero-order valence-corrected chi connectivity index (χ0v) is 12.9. The molecule has 0 spiro atoms. The molecule has 1 heterocycles. The maximum Gasteiger partial charge on any atom is 0.410 e. The topological polar surface area (TPSA) is 115 Å². The van der Waals surface area contributed by atoms with Gasteiger partial charge in [0.25, 0.3) is 0 Å². The molecule has 0 radical (unpaired) electrons. The van der Waals surface area contributed by atoms with Gasteiger partial charge in [-0.15, -0.1) is 0 Å². The number of sulfone groups is 1. The third-order valence-corrected chi connectivity index (χ3v) is 3.43. The van der Waals surface area contributed by atoms with Crippen molar-refractivity contribution in [3.05, 3.63) is 0 Å². The van der Waals surface area contributed by atoms with Crippen LogP contribution < -0.4 is 0 Å². The molecule has 0 aromatic heterocycles. The lowest BCUT2D eigenvalue weighted by atomic mass is 10.2. The van der Waals surface area contributed by atoms with Crippen molar-refractivity contribution in [1.82, 2.24) is 9.80 Å². The number of amides is 1. The first kappa shape index (κ1) is 16.4. The van der Waals surface area contributed by atoms with E-state index in [1.165, 1.54) is 4.90 Å². The van der Waals surface area contributed by atoms with E-state index < -0.39 is 26.7 Å². The molecule has 1 fully saturated rings. The predicted octanol–water partition coefficient (Wildman–Crippen LogP) is 0.496. The summed E-state index contributed by atoms with van der Waals surface area (Å²) in [5.41, 5.74) is -0.629. The molecule has 20 heavy (non-hydrogen) atoms. The number of rotatable bonds is 0. The highest BCUT2D eigenvalue weighted by Crippen LogP contribution is 2.13. The van der Waals surface area contributed by atoms with E-state index in [9.17, 15) is 13.2 Å². The maximum atomic E-state index is 11.8. The van der Waals surface area contributed by atoms with Crippen LogP contribution in [0.2, 0.25) is 0 Å². The van der Waals surface area contributed by atoms with E-state index in [-0.39, 0.29) is 25.5 Å². The molecule has 1 saturated heterocycles. The minimum absolute atomic E-state index is 0.0766. The summed E-state index contributed by atoms with van der Waals surface area (Å²) < 4.78 is 27.8. The van der Waals surface area contributed by atoms with Crippen molar-refractivity contribution >= 4 is 26.9 Å². The van der Waals surface area contributed by atoms with E-state index in [0.717, 1.165) is 11.2 Å². The van der Waals surface area contributed by atoms with Gasteiger partial charge in [-0.2, -0.15) is 0 Å². The van der Waals surface area contributed by atoms with Crippen molar-refractivity contribution in [2.75, 3.05) is 25.9 Å². The number of ether oxygens (including phenoxy) is 1. The van der Waals surface area contributed by atoms with E-state index >= 15 is 0 Å². The van der Waals surface area contributed by atoms with Gasteiger partial charge in [0.05, 0.1) is 6.54 Å². The van der Waals surface area contributed by atoms with Crippen LogP contribution in [0, 0.1) is 10.8 Å². The van der Waals surface area contributed by atoms with Crippen molar-refractivity contribution in [3.8, 4) is 0 Å². The first-order valence-corrected chi connectivity index (χ1v) is 7.92. The van der Waals surface area contributed by atoms with E-state index in [1.54, 1.807) is 20.8 Å². The predicted molar refractivity (Wildman–Crippen MR) is 74.8 cm³/mol. The fourth-order valence-corrected chi connectivity index (χ4v) is 2.21. The highest BCUT2D eigenvalue weighted by atomic mass is 32.2. The number of carbonyl (C=O) groups is 1. The van der Waals surface area contributed by atoms with Crippen molar-refractivity contribution in [2.24, 2.45) is 0 Å². The van der Waals surface area contributed by atoms with Crippen LogP contribution in [-0.2, 0) is 14.6 Å². The standard InChI is InChI=1S/C11H20N4O4S/c1-11(2,3)19-10(16)14-5-6-15(8(12)7-14)9(13)20(4,17)18/h12-13H,5-7H2,1-4H3. The number of amidine groups is 2. The Kier molecular flexibility index (Phi) is 4.42. The summed E-state index contributed by atoms with van der Waals surface area (Å²) in [6.45, 7) is 5.44. The molecule has 1 amide bonds. The van der Waals surface area contributed by atoms with Crippen LogP contribution in [-0.4, -0.2) is 66.8 Å². The van der Waals surface area contributed by atoms with Crippen LogP contribution >= 0.6 is 0 Å². The van der Waals surface area contributed by atoms with Gasteiger partial charge in [0, 0.05) is 19.3 Å². The Labute approximate surface area is 118 Å². The zero-order valence-electron chi connectivity index (χ0n) is 12.1. The summed E-state index contributed by atoms with van der Waals surface area (Å²) in [6.07, 6.45) is 0.371. The van der Waals surface area contributed by atoms with E-state index in [0.29, 0.717) is 0 Å². The number of nitrogens with one attached hydrogen (secondary N) is 2. The molecule has 114 valence electrons. The fourth-order valence-electron chi connectivity index (χ4n) is 1.61. The Morgan fingerprint density at radius 2 is 1.85 bits per heavy atom. The van der Waals surface area contributed by atoms with Crippen molar-refractivity contribution in [3.63, 3.8) is 0 Å². The van der Waals surface area contributed by atoms with Gasteiger partial charge in [-0.25, -0.2) is 13.2 Å². The fraction of sp³-hybridized carbons (Fsp3) is 0.727. The Balaban J connectivity index is 2.72. The van der Waals surface area contributed by atoms with Gasteiger partial charge in [-0.3, -0.25) is 15.7 Å². The van der Waals surface area contributed by atoms with Crippen molar-refractivity contribution < 1.29 is 17.9 Å². The summed E-state index contributed by atoms with van der Waals surface area (Å²) in [5, 5.41) is 14.7. The number of nitrogens with zero attached hydrogens (tertiary/aromatic N) is 2. The number of hydrogen-bond acceptors (Lipinski definition) is 6. The molecule has 8 nitrogen and oxygen atoms in total. The minimum atomic E-state index is -3.67. The van der Waals surface area contributed by atoms with Crippen LogP contribution in [0.25, 0.3) is 0 Å². The number of hydrogen-bond donors (Lipinski definition) is 2. The van der Waals surface area contributed by atoms with Gasteiger partial charge >= 0.3 is 6.09 Å². The number of carbonyl (C=O) groups excluding carboxylic acids is 1. The van der Waals surface area contributed by atoms with Crippen molar-refractivity contribution in [1.29, 1.82) is 10.8 Å². The monoisotopic (exact) mass is 304 g/mol. The van der Waals surface area contributed by atoms with Crippen LogP contribution in [0.1, 0.15) is 20.8 Å². The lowest BCUT2D eigenvalue weighted by Crippen LogP contribution is -2.55. The molecule has 0 unspecified atom stereocenters. The molecule has 0 aromatic rings. The van der Waals surface area contributed by atoms with Gasteiger partial charge in [0.1, 0.15) is 11.4 Å². The molecule has 1 rings (SSSR count). The molecule has 0 aromatic carbocycles. The summed E-state index contributed by atoms with van der Waals surface area (Å²) in [6, 6.07) is 0. The first-order valence-electron chi connectivity index (χ1n) is 6.03. The summed E-state index contributed by atoms with van der Waals surface area (Å²) in [4.78, 5) is 14.2. The third kappa shape index (κ3) is 4.19. The molecule has 0 saturated carbocycles. The minimum Gasteiger partial charge on any atom is -0.444 e. The van der Waals surface area contributed by atoms with Gasteiger partial charge in [-0.05, 0) is 20.8 Å². The second-order valence-corrected chi connectivity index (χ2v) is 7.51. The molecule has 0 atom stereocenters. The lowest BCUT2D eigenvalue weighted by Gasteiger charge is -2.36. The van der Waals surface area contributed by atoms with Gasteiger partial charge in [0.2, 0.25) is 15.0 Å². The molecular weight excluding hydrogens is 284 g/mol. The van der Waals surface area contributed by atoms with E-state index in [2.05, 4.69) is 0 Å². The van der Waals surface area contributed by atoms with Crippen LogP contribution in [0.15, 0.2) is 0 Å². The van der Waals surface area contributed by atoms with Gasteiger partial charge in [0.15, 0.2) is 0 Å². The average Bonchev–Trinajstić information content (AvgIpc) is 2.24. The van der Waals surface area contributed by atoms with E-state index in [4.69, 9.17) is 15.6 Å². The smallest absolute Gasteiger partial charge is 0.410 e. The van der Waals surface area contributed by atoms with Gasteiger partial charge < -0.3 is 9.64 Å². The molecule has 1 aliphatic heterocycles. The van der Waals surface area contributed by atoms with Gasteiger partial charge in [-0.1, -0.05) is 0 Å². The molecule has 2 N–H and O–H groups in total. The maximum absolute atomic E-state index is 11.8. The summed E-state index contributed by atoms with van der Waals surface area (Å²) >= 11 is 0. The Bertz CT molecular complexity index is 535. The normalized spacial score (nSPS) is 17.1. The Morgan fingerprint density at radius 1 is 1.30 bits per heavy atom. The summed E-state index contributed by atoms with van der Waals surface area (Å²) in [7, 11) is -3.67. The molecular formula is C11H20N4O4S.